The van der Waals surface area contributed by atoms with Crippen molar-refractivity contribution in [3.8, 4) is 0 Å². The minimum absolute atomic E-state index is 0.0292. The van der Waals surface area contributed by atoms with Crippen LogP contribution in [-0.2, 0) is 17.6 Å². The van der Waals surface area contributed by atoms with E-state index in [-0.39, 0.29) is 17.8 Å². The molecule has 27 heavy (non-hydrogen) atoms. The van der Waals surface area contributed by atoms with Crippen molar-refractivity contribution in [1.29, 1.82) is 0 Å². The zero-order valence-electron chi connectivity index (χ0n) is 14.9. The van der Waals surface area contributed by atoms with E-state index < -0.39 is 0 Å². The highest BCUT2D eigenvalue weighted by molar-refractivity contribution is 7.10. The number of halogens is 1. The number of rotatable bonds is 6. The summed E-state index contributed by atoms with van der Waals surface area (Å²) >= 11 is 3.57. The normalized spacial score (nSPS) is 18.9. The molecule has 0 radical (unpaired) electrons. The standard InChI is InChI=1S/C21H21FN2OS2/c22-17-5-2-1-4-15(17)7-10-23-20(25)14-24-11-8-18-16(9-13-27-18)21(24)19-6-3-12-26-19/h1-6,9,12-13,21H,7-8,10-11,14H2,(H,23,25)/p+1/t21-/m1/s1. The second kappa shape index (κ2) is 8.33. The van der Waals surface area contributed by atoms with Gasteiger partial charge in [-0.15, -0.1) is 22.7 Å². The smallest absolute Gasteiger partial charge is 0.275 e. The van der Waals surface area contributed by atoms with Gasteiger partial charge in [0.15, 0.2) is 6.54 Å². The van der Waals surface area contributed by atoms with Gasteiger partial charge < -0.3 is 10.2 Å². The third-order valence-electron chi connectivity index (χ3n) is 5.06. The molecule has 2 aromatic heterocycles. The van der Waals surface area contributed by atoms with E-state index in [2.05, 4.69) is 34.3 Å². The van der Waals surface area contributed by atoms with E-state index in [0.29, 0.717) is 25.1 Å². The molecule has 1 aliphatic heterocycles. The first-order valence-corrected chi connectivity index (χ1v) is 10.9. The molecule has 6 heteroatoms. The Kier molecular flexibility index (Phi) is 5.66. The Labute approximate surface area is 166 Å². The first-order valence-electron chi connectivity index (χ1n) is 9.16. The SMILES string of the molecule is O=C(C[NH+]1CCc2sccc2[C@@H]1c1cccs1)NCCc1ccccc1F. The number of quaternary nitrogens is 1. The molecule has 4 rings (SSSR count). The Morgan fingerprint density at radius 3 is 2.85 bits per heavy atom. The maximum Gasteiger partial charge on any atom is 0.275 e. The van der Waals surface area contributed by atoms with Crippen LogP contribution in [0.1, 0.15) is 26.9 Å². The molecular weight excluding hydrogens is 379 g/mol. The van der Waals surface area contributed by atoms with Gasteiger partial charge in [-0.05, 0) is 40.9 Å². The average Bonchev–Trinajstić information content (AvgIpc) is 3.34. The van der Waals surface area contributed by atoms with Crippen LogP contribution >= 0.6 is 22.7 Å². The number of thiophene rings is 2. The van der Waals surface area contributed by atoms with E-state index in [9.17, 15) is 9.18 Å². The number of fused-ring (bicyclic) bond motifs is 1. The minimum atomic E-state index is -0.212. The zero-order chi connectivity index (χ0) is 18.6. The van der Waals surface area contributed by atoms with Crippen molar-refractivity contribution in [2.75, 3.05) is 19.6 Å². The van der Waals surface area contributed by atoms with Gasteiger partial charge in [0.1, 0.15) is 11.9 Å². The molecule has 0 spiro atoms. The van der Waals surface area contributed by atoms with Crippen LogP contribution < -0.4 is 10.2 Å². The second-order valence-corrected chi connectivity index (χ2v) is 8.75. The van der Waals surface area contributed by atoms with Crippen molar-refractivity contribution >= 4 is 28.6 Å². The molecular formula is C21H22FN2OS2+. The molecule has 1 unspecified atom stereocenters. The van der Waals surface area contributed by atoms with Crippen molar-refractivity contribution < 1.29 is 14.1 Å². The van der Waals surface area contributed by atoms with E-state index in [1.54, 1.807) is 23.5 Å². The first-order chi connectivity index (χ1) is 13.2. The van der Waals surface area contributed by atoms with Gasteiger partial charge in [-0.2, -0.15) is 0 Å². The van der Waals surface area contributed by atoms with Gasteiger partial charge in [-0.1, -0.05) is 24.3 Å². The number of carbonyl (C=O) groups is 1. The van der Waals surface area contributed by atoms with Gasteiger partial charge in [0.05, 0.1) is 11.4 Å². The molecule has 1 aliphatic rings. The lowest BCUT2D eigenvalue weighted by Gasteiger charge is -2.31. The van der Waals surface area contributed by atoms with Gasteiger partial charge >= 0.3 is 0 Å². The number of benzene rings is 1. The Balaban J connectivity index is 1.39. The molecule has 3 aromatic rings. The molecule has 140 valence electrons. The van der Waals surface area contributed by atoms with Crippen molar-refractivity contribution in [2.24, 2.45) is 0 Å². The fraction of sp³-hybridized carbons (Fsp3) is 0.286. The number of amides is 1. The van der Waals surface area contributed by atoms with Gasteiger partial charge in [0, 0.05) is 23.4 Å². The maximum atomic E-state index is 13.7. The second-order valence-electron chi connectivity index (χ2n) is 6.77. The van der Waals surface area contributed by atoms with Gasteiger partial charge in [-0.3, -0.25) is 4.79 Å². The van der Waals surface area contributed by atoms with E-state index >= 15 is 0 Å². The van der Waals surface area contributed by atoms with E-state index in [4.69, 9.17) is 0 Å². The quantitative estimate of drug-likeness (QED) is 0.654. The predicted molar refractivity (Wildman–Crippen MR) is 108 cm³/mol. The molecule has 0 saturated heterocycles. The number of hydrogen-bond donors (Lipinski definition) is 2. The summed E-state index contributed by atoms with van der Waals surface area (Å²) in [6.45, 7) is 1.85. The largest absolute Gasteiger partial charge is 0.351 e. The van der Waals surface area contributed by atoms with Crippen LogP contribution in [0.2, 0.25) is 0 Å². The molecule has 0 fully saturated rings. The third-order valence-corrected chi connectivity index (χ3v) is 7.00. The van der Waals surface area contributed by atoms with Crippen LogP contribution in [0.15, 0.2) is 53.2 Å². The van der Waals surface area contributed by atoms with Crippen molar-refractivity contribution in [1.82, 2.24) is 5.32 Å². The summed E-state index contributed by atoms with van der Waals surface area (Å²) in [6.07, 6.45) is 1.53. The third kappa shape index (κ3) is 4.13. The minimum Gasteiger partial charge on any atom is -0.351 e. The highest BCUT2D eigenvalue weighted by Crippen LogP contribution is 2.31. The van der Waals surface area contributed by atoms with Crippen LogP contribution in [0, 0.1) is 5.82 Å². The molecule has 0 saturated carbocycles. The van der Waals surface area contributed by atoms with Crippen molar-refractivity contribution in [2.45, 2.75) is 18.9 Å². The van der Waals surface area contributed by atoms with Gasteiger partial charge in [0.2, 0.25) is 0 Å². The summed E-state index contributed by atoms with van der Waals surface area (Å²) in [4.78, 5) is 16.6. The zero-order valence-corrected chi connectivity index (χ0v) is 16.5. The predicted octanol–water partition coefficient (Wildman–Crippen LogP) is 2.84. The van der Waals surface area contributed by atoms with Crippen LogP contribution in [0.4, 0.5) is 4.39 Å². The average molecular weight is 402 g/mol. The van der Waals surface area contributed by atoms with E-state index in [0.717, 1.165) is 13.0 Å². The van der Waals surface area contributed by atoms with Crippen LogP contribution in [0.25, 0.3) is 0 Å². The summed E-state index contributed by atoms with van der Waals surface area (Å²) in [5.41, 5.74) is 2.00. The molecule has 1 aromatic carbocycles. The number of nitrogens with one attached hydrogen (secondary N) is 2. The van der Waals surface area contributed by atoms with Crippen LogP contribution in [0.5, 0.6) is 0 Å². The van der Waals surface area contributed by atoms with Gasteiger partial charge in [0.25, 0.3) is 5.91 Å². The number of hydrogen-bond acceptors (Lipinski definition) is 3. The van der Waals surface area contributed by atoms with E-state index in [1.165, 1.54) is 26.3 Å². The summed E-state index contributed by atoms with van der Waals surface area (Å²) in [7, 11) is 0. The molecule has 3 nitrogen and oxygen atoms in total. The lowest BCUT2D eigenvalue weighted by Crippen LogP contribution is -3.14. The Morgan fingerprint density at radius 1 is 1.15 bits per heavy atom. The Morgan fingerprint density at radius 2 is 2.04 bits per heavy atom. The molecule has 1 amide bonds. The lowest BCUT2D eigenvalue weighted by atomic mass is 9.98. The Bertz CT molecular complexity index is 907. The highest BCUT2D eigenvalue weighted by atomic mass is 32.1. The summed E-state index contributed by atoms with van der Waals surface area (Å²) in [6, 6.07) is 13.4. The molecule has 3 heterocycles. The van der Waals surface area contributed by atoms with Crippen LogP contribution in [-0.4, -0.2) is 25.5 Å². The molecule has 0 aliphatic carbocycles. The monoisotopic (exact) mass is 401 g/mol. The maximum absolute atomic E-state index is 13.7. The van der Waals surface area contributed by atoms with Crippen molar-refractivity contribution in [3.63, 3.8) is 0 Å². The first kappa shape index (κ1) is 18.3. The fourth-order valence-electron chi connectivity index (χ4n) is 3.76. The topological polar surface area (TPSA) is 33.5 Å². The summed E-state index contributed by atoms with van der Waals surface area (Å²) in [5, 5.41) is 7.22. The van der Waals surface area contributed by atoms with Crippen molar-refractivity contribution in [3.05, 3.63) is 79.9 Å². The van der Waals surface area contributed by atoms with E-state index in [1.807, 2.05) is 17.4 Å². The fourth-order valence-corrected chi connectivity index (χ4v) is 5.58. The molecule has 2 N–H and O–H groups in total. The highest BCUT2D eigenvalue weighted by Gasteiger charge is 2.34. The molecule has 0 bridgehead atoms. The summed E-state index contributed by atoms with van der Waals surface area (Å²) < 4.78 is 13.7. The Hall–Kier alpha value is -2.02. The molecule has 2 atom stereocenters. The lowest BCUT2D eigenvalue weighted by molar-refractivity contribution is -0.919. The van der Waals surface area contributed by atoms with Crippen LogP contribution in [0.3, 0.4) is 0 Å². The van der Waals surface area contributed by atoms with Gasteiger partial charge in [-0.25, -0.2) is 4.39 Å². The number of carbonyl (C=O) groups excluding carboxylic acids is 1. The summed E-state index contributed by atoms with van der Waals surface area (Å²) in [5.74, 6) is -0.183.